The average molecular weight is 262 g/mol. The van der Waals surface area contributed by atoms with Crippen LogP contribution in [0.2, 0.25) is 0 Å². The highest BCUT2D eigenvalue weighted by Gasteiger charge is 1.93. The highest BCUT2D eigenvalue weighted by molar-refractivity contribution is 5.47. The average Bonchev–Trinajstić information content (AvgIpc) is 2.52. The number of allylic oxidation sites excluding steroid dienone is 9. The predicted molar refractivity (Wildman–Crippen MR) is 95.6 cm³/mol. The molecule has 0 aromatic heterocycles. The summed E-state index contributed by atoms with van der Waals surface area (Å²) in [6, 6.07) is 0. The fourth-order valence-electron chi connectivity index (χ4n) is 0.949. The summed E-state index contributed by atoms with van der Waals surface area (Å²) >= 11 is 0. The summed E-state index contributed by atoms with van der Waals surface area (Å²) in [5.74, 6) is 0. The van der Waals surface area contributed by atoms with Gasteiger partial charge in [0.25, 0.3) is 0 Å². The molecule has 0 aromatic rings. The van der Waals surface area contributed by atoms with Gasteiger partial charge in [0, 0.05) is 0 Å². The van der Waals surface area contributed by atoms with Gasteiger partial charge in [0.2, 0.25) is 0 Å². The molecule has 0 aliphatic carbocycles. The minimum atomic E-state index is 1.09. The van der Waals surface area contributed by atoms with Crippen molar-refractivity contribution in [3.8, 4) is 0 Å². The van der Waals surface area contributed by atoms with Crippen molar-refractivity contribution in [2.75, 3.05) is 0 Å². The standard InChI is InChI=1S/C13H16.3C2H6/c1-5-9-11-13(10-6-2)12(7-3)8-4;3*1-2/h5-11H,1-3H2,4H3;3*1-2H3/b11-9-,12-8-,13-10-;;;. The third-order valence-electron chi connectivity index (χ3n) is 1.57. The normalized spacial score (nSPS) is 9.84. The van der Waals surface area contributed by atoms with E-state index in [4.69, 9.17) is 0 Å². The Hall–Kier alpha value is -1.56. The Balaban J connectivity index is -0.000000163. The number of rotatable bonds is 5. The molecule has 0 rings (SSSR count). The molecule has 0 saturated heterocycles. The largest absolute Gasteiger partial charge is 0.0991 e. The highest BCUT2D eigenvalue weighted by Crippen LogP contribution is 2.12. The van der Waals surface area contributed by atoms with Gasteiger partial charge in [-0.25, -0.2) is 0 Å². The lowest BCUT2D eigenvalue weighted by Crippen LogP contribution is -1.80. The molecule has 0 unspecified atom stereocenters. The van der Waals surface area contributed by atoms with E-state index in [1.165, 1.54) is 0 Å². The van der Waals surface area contributed by atoms with Crippen LogP contribution in [0.25, 0.3) is 0 Å². The fourth-order valence-corrected chi connectivity index (χ4v) is 0.949. The molecule has 0 aliphatic rings. The molecule has 0 bridgehead atoms. The van der Waals surface area contributed by atoms with Gasteiger partial charge in [-0.15, -0.1) is 0 Å². The zero-order chi connectivity index (χ0) is 16.1. The van der Waals surface area contributed by atoms with Gasteiger partial charge in [-0.2, -0.15) is 0 Å². The second-order valence-electron chi connectivity index (χ2n) is 2.40. The Morgan fingerprint density at radius 2 is 1.21 bits per heavy atom. The second kappa shape index (κ2) is 29.9. The predicted octanol–water partition coefficient (Wildman–Crippen LogP) is 7.05. The van der Waals surface area contributed by atoms with Crippen LogP contribution in [-0.4, -0.2) is 0 Å². The Bertz CT molecular complexity index is 272. The molecule has 0 aromatic carbocycles. The molecule has 0 aliphatic heterocycles. The molecular weight excluding hydrogens is 228 g/mol. The lowest BCUT2D eigenvalue weighted by Gasteiger charge is -2.00. The van der Waals surface area contributed by atoms with E-state index in [9.17, 15) is 0 Å². The highest BCUT2D eigenvalue weighted by atomic mass is 14.0. The van der Waals surface area contributed by atoms with Gasteiger partial charge in [0.1, 0.15) is 0 Å². The van der Waals surface area contributed by atoms with Crippen molar-refractivity contribution in [1.82, 2.24) is 0 Å². The van der Waals surface area contributed by atoms with E-state index in [1.807, 2.05) is 78.8 Å². The van der Waals surface area contributed by atoms with E-state index in [1.54, 1.807) is 12.2 Å². The maximum Gasteiger partial charge on any atom is -0.0188 e. The molecule has 0 atom stereocenters. The van der Waals surface area contributed by atoms with Gasteiger partial charge in [-0.1, -0.05) is 104 Å². The SMILES string of the molecule is C=C\C=C/C(=C/C=C)C(/C=C)=C\C.CC.CC.CC. The molecular formula is C19H34. The van der Waals surface area contributed by atoms with Crippen molar-refractivity contribution >= 4 is 0 Å². The summed E-state index contributed by atoms with van der Waals surface area (Å²) in [4.78, 5) is 0. The van der Waals surface area contributed by atoms with Gasteiger partial charge in [-0.3, -0.25) is 0 Å². The Kier molecular flexibility index (Phi) is 41.1. The topological polar surface area (TPSA) is 0 Å². The second-order valence-corrected chi connectivity index (χ2v) is 2.40. The molecule has 0 heteroatoms. The third-order valence-corrected chi connectivity index (χ3v) is 1.57. The fraction of sp³-hybridized carbons (Fsp3) is 0.368. The van der Waals surface area contributed by atoms with Gasteiger partial charge in [-0.05, 0) is 18.1 Å². The van der Waals surface area contributed by atoms with Crippen LogP contribution >= 0.6 is 0 Å². The van der Waals surface area contributed by atoms with Crippen molar-refractivity contribution in [1.29, 1.82) is 0 Å². The van der Waals surface area contributed by atoms with E-state index in [0.717, 1.165) is 11.1 Å². The van der Waals surface area contributed by atoms with Crippen LogP contribution in [-0.2, 0) is 0 Å². The first-order chi connectivity index (χ1) is 9.29. The summed E-state index contributed by atoms with van der Waals surface area (Å²) in [6.07, 6.45) is 13.1. The maximum absolute atomic E-state index is 3.74. The van der Waals surface area contributed by atoms with E-state index in [-0.39, 0.29) is 0 Å². The van der Waals surface area contributed by atoms with Crippen LogP contribution in [0.3, 0.4) is 0 Å². The van der Waals surface area contributed by atoms with Gasteiger partial charge < -0.3 is 0 Å². The van der Waals surface area contributed by atoms with Gasteiger partial charge in [0.05, 0.1) is 0 Å². The Morgan fingerprint density at radius 1 is 0.737 bits per heavy atom. The van der Waals surface area contributed by atoms with E-state index < -0.39 is 0 Å². The van der Waals surface area contributed by atoms with Crippen LogP contribution in [0.4, 0.5) is 0 Å². The van der Waals surface area contributed by atoms with Crippen molar-refractivity contribution < 1.29 is 0 Å². The molecule has 0 N–H and O–H groups in total. The first-order valence-corrected chi connectivity index (χ1v) is 7.21. The number of hydrogen-bond donors (Lipinski definition) is 0. The van der Waals surface area contributed by atoms with Crippen molar-refractivity contribution in [2.24, 2.45) is 0 Å². The zero-order valence-electron chi connectivity index (χ0n) is 14.2. The molecule has 0 fully saturated rings. The zero-order valence-corrected chi connectivity index (χ0v) is 14.2. The van der Waals surface area contributed by atoms with Gasteiger partial charge >= 0.3 is 0 Å². The molecule has 0 heterocycles. The molecule has 0 radical (unpaired) electrons. The monoisotopic (exact) mass is 262 g/mol. The molecule has 19 heavy (non-hydrogen) atoms. The quantitative estimate of drug-likeness (QED) is 0.465. The van der Waals surface area contributed by atoms with Crippen LogP contribution in [0.5, 0.6) is 0 Å². The first-order valence-electron chi connectivity index (χ1n) is 7.21. The minimum Gasteiger partial charge on any atom is -0.0991 e. The molecule has 110 valence electrons. The lowest BCUT2D eigenvalue weighted by atomic mass is 10.1. The molecule has 0 nitrogen and oxygen atoms in total. The molecule has 0 amide bonds. The van der Waals surface area contributed by atoms with E-state index >= 15 is 0 Å². The Labute approximate surface area is 122 Å². The van der Waals surface area contributed by atoms with E-state index in [0.29, 0.717) is 0 Å². The van der Waals surface area contributed by atoms with Crippen molar-refractivity contribution in [3.05, 3.63) is 73.4 Å². The Morgan fingerprint density at radius 3 is 1.47 bits per heavy atom. The van der Waals surface area contributed by atoms with Crippen LogP contribution < -0.4 is 0 Å². The van der Waals surface area contributed by atoms with Crippen molar-refractivity contribution in [3.63, 3.8) is 0 Å². The lowest BCUT2D eigenvalue weighted by molar-refractivity contribution is 1.50. The number of hydrogen-bond acceptors (Lipinski definition) is 0. The molecule has 0 spiro atoms. The third kappa shape index (κ3) is 19.0. The van der Waals surface area contributed by atoms with Crippen LogP contribution in [0.1, 0.15) is 48.5 Å². The van der Waals surface area contributed by atoms with Crippen molar-refractivity contribution in [2.45, 2.75) is 48.5 Å². The summed E-state index contributed by atoms with van der Waals surface area (Å²) in [6.45, 7) is 25.0. The smallest absolute Gasteiger partial charge is 0.0188 e. The summed E-state index contributed by atoms with van der Waals surface area (Å²) in [7, 11) is 0. The first kappa shape index (κ1) is 26.1. The summed E-state index contributed by atoms with van der Waals surface area (Å²) in [5, 5.41) is 0. The maximum atomic E-state index is 3.74. The van der Waals surface area contributed by atoms with Crippen LogP contribution in [0.15, 0.2) is 73.4 Å². The van der Waals surface area contributed by atoms with E-state index in [2.05, 4.69) is 19.7 Å². The summed E-state index contributed by atoms with van der Waals surface area (Å²) < 4.78 is 0. The van der Waals surface area contributed by atoms with Gasteiger partial charge in [0.15, 0.2) is 0 Å². The molecule has 0 saturated carbocycles. The van der Waals surface area contributed by atoms with Crippen LogP contribution in [0, 0.1) is 0 Å². The summed E-state index contributed by atoms with van der Waals surface area (Å²) in [5.41, 5.74) is 2.19. The minimum absolute atomic E-state index is 1.09.